The Bertz CT molecular complexity index is 433. The monoisotopic (exact) mass is 325 g/mol. The standard InChI is InChI=1S/C17H31N3O3/c1-12-10-20(11-17(3,4)23-12)13(2)15(21)19-16(22)18-14-8-6-5-7-9-14/h12-14H,5-11H2,1-4H3,(H2,18,19,21,22). The van der Waals surface area contributed by atoms with Gasteiger partial charge in [-0.25, -0.2) is 4.79 Å². The minimum absolute atomic E-state index is 0.0741. The van der Waals surface area contributed by atoms with Gasteiger partial charge in [-0.05, 0) is 40.5 Å². The lowest BCUT2D eigenvalue weighted by Crippen LogP contribution is -2.59. The summed E-state index contributed by atoms with van der Waals surface area (Å²) in [7, 11) is 0. The summed E-state index contributed by atoms with van der Waals surface area (Å²) in [6.45, 7) is 9.27. The van der Waals surface area contributed by atoms with Crippen LogP contribution in [0.2, 0.25) is 0 Å². The molecule has 132 valence electrons. The third-order valence-electron chi connectivity index (χ3n) is 4.70. The number of nitrogens with zero attached hydrogens (tertiary/aromatic N) is 1. The summed E-state index contributed by atoms with van der Waals surface area (Å²) in [6.07, 6.45) is 5.62. The fourth-order valence-corrected chi connectivity index (χ4v) is 3.65. The zero-order valence-electron chi connectivity index (χ0n) is 14.9. The molecule has 3 amide bonds. The molecule has 2 rings (SSSR count). The largest absolute Gasteiger partial charge is 0.370 e. The highest BCUT2D eigenvalue weighted by molar-refractivity contribution is 5.96. The van der Waals surface area contributed by atoms with Gasteiger partial charge >= 0.3 is 6.03 Å². The first kappa shape index (κ1) is 18.2. The molecule has 6 heteroatoms. The third kappa shape index (κ3) is 5.46. The van der Waals surface area contributed by atoms with Gasteiger partial charge in [0.2, 0.25) is 5.91 Å². The van der Waals surface area contributed by atoms with E-state index in [1.54, 1.807) is 0 Å². The fourth-order valence-electron chi connectivity index (χ4n) is 3.65. The number of carbonyl (C=O) groups excluding carboxylic acids is 2. The molecule has 0 aromatic carbocycles. The van der Waals surface area contributed by atoms with Crippen LogP contribution >= 0.6 is 0 Å². The molecule has 2 aliphatic rings. The van der Waals surface area contributed by atoms with Crippen molar-refractivity contribution in [1.82, 2.24) is 15.5 Å². The molecular weight excluding hydrogens is 294 g/mol. The third-order valence-corrected chi connectivity index (χ3v) is 4.70. The molecule has 1 saturated carbocycles. The molecule has 2 atom stereocenters. The quantitative estimate of drug-likeness (QED) is 0.833. The van der Waals surface area contributed by atoms with Gasteiger partial charge < -0.3 is 10.1 Å². The van der Waals surface area contributed by atoms with Crippen molar-refractivity contribution < 1.29 is 14.3 Å². The van der Waals surface area contributed by atoms with Crippen molar-refractivity contribution in [1.29, 1.82) is 0 Å². The maximum absolute atomic E-state index is 12.4. The second-order valence-corrected chi connectivity index (χ2v) is 7.59. The molecule has 1 aliphatic heterocycles. The molecule has 0 radical (unpaired) electrons. The molecule has 2 N–H and O–H groups in total. The van der Waals surface area contributed by atoms with Crippen LogP contribution in [0.3, 0.4) is 0 Å². The van der Waals surface area contributed by atoms with Crippen LogP contribution in [-0.2, 0) is 9.53 Å². The number of ether oxygens (including phenoxy) is 1. The number of morpholine rings is 1. The number of rotatable bonds is 3. The average molecular weight is 325 g/mol. The second-order valence-electron chi connectivity index (χ2n) is 7.59. The Balaban J connectivity index is 1.82. The van der Waals surface area contributed by atoms with E-state index in [4.69, 9.17) is 4.74 Å². The van der Waals surface area contributed by atoms with Crippen LogP contribution in [0.4, 0.5) is 4.79 Å². The highest BCUT2D eigenvalue weighted by Crippen LogP contribution is 2.22. The number of imide groups is 1. The number of urea groups is 1. The number of carbonyl (C=O) groups is 2. The van der Waals surface area contributed by atoms with Gasteiger partial charge in [-0.1, -0.05) is 19.3 Å². The second kappa shape index (κ2) is 7.62. The van der Waals surface area contributed by atoms with Crippen LogP contribution < -0.4 is 10.6 Å². The van der Waals surface area contributed by atoms with Crippen molar-refractivity contribution >= 4 is 11.9 Å². The Morgan fingerprint density at radius 2 is 1.87 bits per heavy atom. The first-order valence-corrected chi connectivity index (χ1v) is 8.80. The van der Waals surface area contributed by atoms with Crippen molar-refractivity contribution in [2.45, 2.75) is 83.6 Å². The van der Waals surface area contributed by atoms with E-state index in [1.165, 1.54) is 6.42 Å². The Kier molecular flexibility index (Phi) is 6.03. The average Bonchev–Trinajstić information content (AvgIpc) is 2.45. The van der Waals surface area contributed by atoms with Crippen LogP contribution in [0.25, 0.3) is 0 Å². The van der Waals surface area contributed by atoms with E-state index >= 15 is 0 Å². The number of hydrogen-bond donors (Lipinski definition) is 2. The van der Waals surface area contributed by atoms with Crippen LogP contribution in [0.5, 0.6) is 0 Å². The molecule has 1 aliphatic carbocycles. The highest BCUT2D eigenvalue weighted by Gasteiger charge is 2.35. The van der Waals surface area contributed by atoms with E-state index < -0.39 is 0 Å². The van der Waals surface area contributed by atoms with Crippen molar-refractivity contribution in [2.24, 2.45) is 0 Å². The predicted molar refractivity (Wildman–Crippen MR) is 89.2 cm³/mol. The Morgan fingerprint density at radius 1 is 1.22 bits per heavy atom. The van der Waals surface area contributed by atoms with Crippen molar-refractivity contribution in [3.05, 3.63) is 0 Å². The molecule has 1 saturated heterocycles. The molecule has 0 bridgehead atoms. The van der Waals surface area contributed by atoms with Crippen molar-refractivity contribution in [2.75, 3.05) is 13.1 Å². The maximum atomic E-state index is 12.4. The van der Waals surface area contributed by atoms with E-state index in [0.717, 1.165) is 25.7 Å². The summed E-state index contributed by atoms with van der Waals surface area (Å²) < 4.78 is 5.86. The first-order valence-electron chi connectivity index (χ1n) is 8.80. The van der Waals surface area contributed by atoms with Gasteiger partial charge in [-0.3, -0.25) is 15.0 Å². The first-order chi connectivity index (χ1) is 10.8. The van der Waals surface area contributed by atoms with Gasteiger partial charge in [0.25, 0.3) is 0 Å². The molecular formula is C17H31N3O3. The normalized spacial score (nSPS) is 27.2. The summed E-state index contributed by atoms with van der Waals surface area (Å²) in [5.74, 6) is -0.247. The fraction of sp³-hybridized carbons (Fsp3) is 0.882. The lowest BCUT2D eigenvalue weighted by molar-refractivity contribution is -0.147. The molecule has 0 aromatic heterocycles. The summed E-state index contributed by atoms with van der Waals surface area (Å²) in [6, 6.07) is -0.513. The van der Waals surface area contributed by atoms with E-state index in [1.807, 2.05) is 27.7 Å². The van der Waals surface area contributed by atoms with E-state index in [2.05, 4.69) is 15.5 Å². The van der Waals surface area contributed by atoms with Crippen LogP contribution in [-0.4, -0.2) is 53.7 Å². The molecule has 2 fully saturated rings. The van der Waals surface area contributed by atoms with Gasteiger partial charge in [-0.15, -0.1) is 0 Å². The van der Waals surface area contributed by atoms with Crippen molar-refractivity contribution in [3.8, 4) is 0 Å². The zero-order chi connectivity index (χ0) is 17.0. The molecule has 23 heavy (non-hydrogen) atoms. The van der Waals surface area contributed by atoms with E-state index in [9.17, 15) is 9.59 Å². The van der Waals surface area contributed by atoms with Crippen LogP contribution in [0, 0.1) is 0 Å². The van der Waals surface area contributed by atoms with Crippen LogP contribution in [0.1, 0.15) is 59.8 Å². The number of hydrogen-bond acceptors (Lipinski definition) is 4. The summed E-state index contributed by atoms with van der Waals surface area (Å²) in [4.78, 5) is 26.5. The Hall–Kier alpha value is -1.14. The van der Waals surface area contributed by atoms with Gasteiger partial charge in [0.1, 0.15) is 0 Å². The minimum Gasteiger partial charge on any atom is -0.370 e. The van der Waals surface area contributed by atoms with Gasteiger partial charge in [0.15, 0.2) is 0 Å². The maximum Gasteiger partial charge on any atom is 0.321 e. The molecule has 1 heterocycles. The Labute approximate surface area is 139 Å². The predicted octanol–water partition coefficient (Wildman–Crippen LogP) is 2.03. The summed E-state index contributed by atoms with van der Waals surface area (Å²) >= 11 is 0. The Morgan fingerprint density at radius 3 is 2.48 bits per heavy atom. The highest BCUT2D eigenvalue weighted by atomic mass is 16.5. The number of amides is 3. The van der Waals surface area contributed by atoms with E-state index in [0.29, 0.717) is 13.1 Å². The van der Waals surface area contributed by atoms with Gasteiger partial charge in [-0.2, -0.15) is 0 Å². The molecule has 6 nitrogen and oxygen atoms in total. The van der Waals surface area contributed by atoms with Gasteiger partial charge in [0, 0.05) is 19.1 Å². The van der Waals surface area contributed by atoms with Gasteiger partial charge in [0.05, 0.1) is 17.7 Å². The van der Waals surface area contributed by atoms with Crippen molar-refractivity contribution in [3.63, 3.8) is 0 Å². The SMILES string of the molecule is CC1CN(C(C)C(=O)NC(=O)NC2CCCCC2)CC(C)(C)O1. The van der Waals surface area contributed by atoms with Crippen LogP contribution in [0.15, 0.2) is 0 Å². The summed E-state index contributed by atoms with van der Waals surface area (Å²) in [5, 5.41) is 5.41. The molecule has 0 spiro atoms. The number of nitrogens with one attached hydrogen (secondary N) is 2. The topological polar surface area (TPSA) is 70.7 Å². The lowest BCUT2D eigenvalue weighted by Gasteiger charge is -2.43. The lowest BCUT2D eigenvalue weighted by atomic mass is 9.96. The minimum atomic E-state index is -0.366. The summed E-state index contributed by atoms with van der Waals surface area (Å²) in [5.41, 5.74) is -0.281. The molecule has 0 aromatic rings. The molecule has 2 unspecified atom stereocenters. The van der Waals surface area contributed by atoms with E-state index in [-0.39, 0.29) is 35.7 Å². The zero-order valence-corrected chi connectivity index (χ0v) is 14.9. The smallest absolute Gasteiger partial charge is 0.321 e.